The zero-order valence-electron chi connectivity index (χ0n) is 14.6. The molecular weight excluding hydrogens is 391 g/mol. The highest BCUT2D eigenvalue weighted by molar-refractivity contribution is 8.00. The summed E-state index contributed by atoms with van der Waals surface area (Å²) in [4.78, 5) is 12.4. The van der Waals surface area contributed by atoms with E-state index in [1.807, 2.05) is 30.3 Å². The van der Waals surface area contributed by atoms with Crippen molar-refractivity contribution in [2.75, 3.05) is 11.2 Å². The van der Waals surface area contributed by atoms with E-state index in [-0.39, 0.29) is 5.69 Å². The molecule has 6 nitrogen and oxygen atoms in total. The fraction of sp³-hybridized carbons (Fsp3) is 0.167. The van der Waals surface area contributed by atoms with Gasteiger partial charge in [0.25, 0.3) is 0 Å². The zero-order chi connectivity index (χ0) is 20.3. The topological polar surface area (TPSA) is 85.8 Å². The Hall–Kier alpha value is -3.01. The van der Waals surface area contributed by atoms with Crippen molar-refractivity contribution in [3.05, 3.63) is 60.2 Å². The second-order valence-electron chi connectivity index (χ2n) is 5.87. The number of alkyl halides is 3. The average molecular weight is 407 g/mol. The number of nitrogens with two attached hydrogens (primary N) is 1. The lowest BCUT2D eigenvalue weighted by Gasteiger charge is -2.13. The van der Waals surface area contributed by atoms with E-state index in [4.69, 9.17) is 5.84 Å². The molecule has 0 spiro atoms. The smallest absolute Gasteiger partial charge is 0.335 e. The van der Waals surface area contributed by atoms with E-state index in [1.165, 1.54) is 16.8 Å². The molecular formula is C18H16F3N5OS. The Morgan fingerprint density at radius 3 is 2.54 bits per heavy atom. The normalized spacial score (nSPS) is 12.6. The van der Waals surface area contributed by atoms with Gasteiger partial charge in [-0.1, -0.05) is 48.2 Å². The van der Waals surface area contributed by atoms with E-state index in [0.717, 1.165) is 29.5 Å². The summed E-state index contributed by atoms with van der Waals surface area (Å²) in [7, 11) is 0. The molecule has 146 valence electrons. The number of halogens is 3. The number of benzene rings is 2. The number of carbonyl (C=O) groups excluding carboxylic acids is 1. The minimum atomic E-state index is -4.48. The van der Waals surface area contributed by atoms with E-state index in [1.54, 1.807) is 6.92 Å². The van der Waals surface area contributed by atoms with E-state index in [9.17, 15) is 18.0 Å². The number of nitrogens with zero attached hydrogens (tertiary/aromatic N) is 3. The van der Waals surface area contributed by atoms with Gasteiger partial charge in [-0.15, -0.1) is 10.2 Å². The first kappa shape index (κ1) is 19.7. The third-order valence-electron chi connectivity index (χ3n) is 3.81. The molecule has 0 bridgehead atoms. The number of amides is 1. The van der Waals surface area contributed by atoms with Crippen molar-refractivity contribution < 1.29 is 18.0 Å². The van der Waals surface area contributed by atoms with Crippen molar-refractivity contribution in [3.8, 4) is 11.4 Å². The number of thioether (sulfide) groups is 1. The number of anilines is 1. The van der Waals surface area contributed by atoms with Crippen LogP contribution >= 0.6 is 11.8 Å². The fourth-order valence-electron chi connectivity index (χ4n) is 2.37. The van der Waals surface area contributed by atoms with Gasteiger partial charge in [0.2, 0.25) is 11.1 Å². The van der Waals surface area contributed by atoms with Crippen LogP contribution in [0.15, 0.2) is 59.8 Å². The van der Waals surface area contributed by atoms with Gasteiger partial charge in [-0.3, -0.25) is 4.79 Å². The highest BCUT2D eigenvalue weighted by Gasteiger charge is 2.30. The van der Waals surface area contributed by atoms with Gasteiger partial charge in [0.05, 0.1) is 10.8 Å². The molecule has 1 unspecified atom stereocenters. The number of nitrogen functional groups attached to an aromatic ring is 1. The zero-order valence-corrected chi connectivity index (χ0v) is 15.5. The number of hydrogen-bond donors (Lipinski definition) is 2. The molecule has 3 aromatic rings. The Bertz CT molecular complexity index is 975. The van der Waals surface area contributed by atoms with Crippen LogP contribution in [0, 0.1) is 0 Å². The summed E-state index contributed by atoms with van der Waals surface area (Å²) >= 11 is 1.05. The molecule has 1 atom stereocenters. The van der Waals surface area contributed by atoms with Crippen LogP contribution in [0.5, 0.6) is 0 Å². The minimum Gasteiger partial charge on any atom is -0.335 e. The van der Waals surface area contributed by atoms with Crippen molar-refractivity contribution in [1.29, 1.82) is 0 Å². The van der Waals surface area contributed by atoms with Crippen LogP contribution in [-0.4, -0.2) is 26.0 Å². The SMILES string of the molecule is CC(Sc1nnc(-c2ccccc2)n1N)C(=O)Nc1cccc(C(F)(F)F)c1. The van der Waals surface area contributed by atoms with E-state index < -0.39 is 22.9 Å². The lowest BCUT2D eigenvalue weighted by atomic mass is 10.2. The third-order valence-corrected chi connectivity index (χ3v) is 4.86. The molecule has 1 amide bonds. The van der Waals surface area contributed by atoms with Gasteiger partial charge in [0.15, 0.2) is 5.82 Å². The van der Waals surface area contributed by atoms with Gasteiger partial charge in [-0.05, 0) is 25.1 Å². The van der Waals surface area contributed by atoms with Crippen LogP contribution in [0.3, 0.4) is 0 Å². The third kappa shape index (κ3) is 4.45. The summed E-state index contributed by atoms with van der Waals surface area (Å²) < 4.78 is 39.6. The largest absolute Gasteiger partial charge is 0.416 e. The molecule has 0 saturated carbocycles. The summed E-state index contributed by atoms with van der Waals surface area (Å²) in [6.07, 6.45) is -4.48. The molecule has 1 heterocycles. The van der Waals surface area contributed by atoms with Crippen LogP contribution in [0.4, 0.5) is 18.9 Å². The quantitative estimate of drug-likeness (QED) is 0.496. The average Bonchev–Trinajstić information content (AvgIpc) is 3.02. The Morgan fingerprint density at radius 2 is 1.86 bits per heavy atom. The number of hydrogen-bond acceptors (Lipinski definition) is 5. The molecule has 0 saturated heterocycles. The second-order valence-corrected chi connectivity index (χ2v) is 7.18. The first-order chi connectivity index (χ1) is 13.3. The second kappa shape index (κ2) is 7.93. The molecule has 3 rings (SSSR count). The van der Waals surface area contributed by atoms with Crippen molar-refractivity contribution >= 4 is 23.4 Å². The highest BCUT2D eigenvalue weighted by atomic mass is 32.2. The van der Waals surface area contributed by atoms with Crippen LogP contribution in [0.25, 0.3) is 11.4 Å². The summed E-state index contributed by atoms with van der Waals surface area (Å²) in [5, 5.41) is 10.1. The fourth-order valence-corrected chi connectivity index (χ4v) is 3.14. The van der Waals surface area contributed by atoms with Gasteiger partial charge in [-0.2, -0.15) is 13.2 Å². The molecule has 3 N–H and O–H groups in total. The Kier molecular flexibility index (Phi) is 5.59. The Balaban J connectivity index is 1.69. The molecule has 28 heavy (non-hydrogen) atoms. The summed E-state index contributed by atoms with van der Waals surface area (Å²) in [6.45, 7) is 1.60. The summed E-state index contributed by atoms with van der Waals surface area (Å²) in [6, 6.07) is 13.6. The monoisotopic (exact) mass is 407 g/mol. The lowest BCUT2D eigenvalue weighted by Crippen LogP contribution is -2.24. The van der Waals surface area contributed by atoms with Crippen LogP contribution in [0.2, 0.25) is 0 Å². The maximum atomic E-state index is 12.8. The molecule has 0 fully saturated rings. The number of carbonyl (C=O) groups is 1. The van der Waals surface area contributed by atoms with E-state index >= 15 is 0 Å². The standard InChI is InChI=1S/C18H16F3N5OS/c1-11(16(27)23-14-9-5-8-13(10-14)18(19,20)21)28-17-25-24-15(26(17)22)12-6-3-2-4-7-12/h2-11H,22H2,1H3,(H,23,27). The summed E-state index contributed by atoms with van der Waals surface area (Å²) in [5.74, 6) is 5.98. The molecule has 0 aliphatic carbocycles. The van der Waals surface area contributed by atoms with Crippen molar-refractivity contribution in [1.82, 2.24) is 14.9 Å². The van der Waals surface area contributed by atoms with Crippen LogP contribution < -0.4 is 11.2 Å². The molecule has 10 heteroatoms. The first-order valence-corrected chi connectivity index (χ1v) is 9.04. The highest BCUT2D eigenvalue weighted by Crippen LogP contribution is 2.31. The van der Waals surface area contributed by atoms with Gasteiger partial charge >= 0.3 is 6.18 Å². The van der Waals surface area contributed by atoms with Crippen LogP contribution in [-0.2, 0) is 11.0 Å². The number of nitrogens with one attached hydrogen (secondary N) is 1. The van der Waals surface area contributed by atoms with Gasteiger partial charge in [0, 0.05) is 11.3 Å². The van der Waals surface area contributed by atoms with Gasteiger partial charge < -0.3 is 11.2 Å². The van der Waals surface area contributed by atoms with Crippen molar-refractivity contribution in [2.45, 2.75) is 23.5 Å². The van der Waals surface area contributed by atoms with Crippen molar-refractivity contribution in [2.24, 2.45) is 0 Å². The number of aromatic nitrogens is 3. The number of rotatable bonds is 5. The predicted octanol–water partition coefficient (Wildman–Crippen LogP) is 3.80. The summed E-state index contributed by atoms with van der Waals surface area (Å²) in [5.41, 5.74) is -0.00306. The van der Waals surface area contributed by atoms with Crippen molar-refractivity contribution in [3.63, 3.8) is 0 Å². The van der Waals surface area contributed by atoms with Gasteiger partial charge in [0.1, 0.15) is 0 Å². The molecule has 0 aliphatic heterocycles. The minimum absolute atomic E-state index is 0.0615. The Labute approximate surface area is 162 Å². The molecule has 0 radical (unpaired) electrons. The van der Waals surface area contributed by atoms with E-state index in [0.29, 0.717) is 11.0 Å². The maximum Gasteiger partial charge on any atom is 0.416 e. The molecule has 2 aromatic carbocycles. The van der Waals surface area contributed by atoms with Gasteiger partial charge in [-0.25, -0.2) is 4.68 Å². The van der Waals surface area contributed by atoms with E-state index in [2.05, 4.69) is 15.5 Å². The predicted molar refractivity (Wildman–Crippen MR) is 101 cm³/mol. The first-order valence-electron chi connectivity index (χ1n) is 8.16. The lowest BCUT2D eigenvalue weighted by molar-refractivity contribution is -0.137. The molecule has 0 aliphatic rings. The Morgan fingerprint density at radius 1 is 1.14 bits per heavy atom. The van der Waals surface area contributed by atoms with Crippen LogP contribution in [0.1, 0.15) is 12.5 Å². The molecule has 1 aromatic heterocycles. The maximum absolute atomic E-state index is 12.8.